The molecule has 0 saturated heterocycles. The van der Waals surface area contributed by atoms with E-state index in [-0.39, 0.29) is 5.92 Å². The van der Waals surface area contributed by atoms with E-state index in [1.165, 1.54) is 38.5 Å². The van der Waals surface area contributed by atoms with Crippen LogP contribution in [0.1, 0.15) is 51.9 Å². The van der Waals surface area contributed by atoms with Gasteiger partial charge in [0.1, 0.15) is 0 Å². The van der Waals surface area contributed by atoms with Gasteiger partial charge >= 0.3 is 0 Å². The highest BCUT2D eigenvalue weighted by Gasteiger charge is 2.43. The first-order chi connectivity index (χ1) is 10.2. The normalized spacial score (nSPS) is 16.8. The van der Waals surface area contributed by atoms with Gasteiger partial charge < -0.3 is 14.2 Å². The van der Waals surface area contributed by atoms with Crippen molar-refractivity contribution in [2.24, 2.45) is 11.8 Å². The van der Waals surface area contributed by atoms with E-state index in [4.69, 9.17) is 14.2 Å². The number of methoxy groups -OCH3 is 3. The van der Waals surface area contributed by atoms with E-state index < -0.39 is 5.97 Å². The van der Waals surface area contributed by atoms with Gasteiger partial charge in [-0.05, 0) is 6.42 Å². The van der Waals surface area contributed by atoms with E-state index in [9.17, 15) is 0 Å². The van der Waals surface area contributed by atoms with Crippen molar-refractivity contribution in [2.75, 3.05) is 21.3 Å². The maximum Gasteiger partial charge on any atom is 0.285 e. The highest BCUT2D eigenvalue weighted by atomic mass is 16.9. The third kappa shape index (κ3) is 5.24. The maximum atomic E-state index is 5.59. The molecule has 21 heavy (non-hydrogen) atoms. The molecule has 1 aliphatic rings. The Labute approximate surface area is 130 Å². The minimum absolute atomic E-state index is 0.179. The lowest BCUT2D eigenvalue weighted by atomic mass is 9.86. The second-order valence-corrected chi connectivity index (χ2v) is 5.73. The van der Waals surface area contributed by atoms with E-state index in [1.807, 2.05) is 0 Å². The Morgan fingerprint density at radius 2 is 1.38 bits per heavy atom. The minimum atomic E-state index is -0.951. The van der Waals surface area contributed by atoms with Crippen LogP contribution in [0.2, 0.25) is 0 Å². The zero-order chi connectivity index (χ0) is 15.6. The fourth-order valence-electron chi connectivity index (χ4n) is 3.17. The molecule has 0 aromatic heterocycles. The van der Waals surface area contributed by atoms with Crippen molar-refractivity contribution < 1.29 is 14.2 Å². The lowest BCUT2D eigenvalue weighted by Gasteiger charge is -2.38. The summed E-state index contributed by atoms with van der Waals surface area (Å²) in [7, 11) is 4.97. The van der Waals surface area contributed by atoms with Crippen LogP contribution in [0.4, 0.5) is 0 Å². The standard InChI is InChI=1S/C18H32O3/c1-5-6-7-8-9-10-15-17(16-13-11-12-14-16)18(19-2,20-3)21-4/h11-14,16-17H,5-10,15H2,1-4H3. The molecule has 0 aromatic rings. The van der Waals surface area contributed by atoms with Crippen molar-refractivity contribution >= 4 is 0 Å². The molecular weight excluding hydrogens is 264 g/mol. The lowest BCUT2D eigenvalue weighted by Crippen LogP contribution is -2.46. The van der Waals surface area contributed by atoms with Crippen LogP contribution in [0.25, 0.3) is 0 Å². The molecule has 1 unspecified atom stereocenters. The SMILES string of the molecule is CCCCCCCCC(C1C=CC=C1)C(OC)(OC)OC. The summed E-state index contributed by atoms with van der Waals surface area (Å²) in [5.74, 6) is -0.452. The Balaban J connectivity index is 2.57. The van der Waals surface area contributed by atoms with Gasteiger partial charge in [0.25, 0.3) is 5.97 Å². The Bertz CT molecular complexity index is 298. The molecule has 0 saturated carbocycles. The summed E-state index contributed by atoms with van der Waals surface area (Å²) in [6.45, 7) is 2.25. The Kier molecular flexibility index (Phi) is 8.90. The van der Waals surface area contributed by atoms with Crippen molar-refractivity contribution in [1.82, 2.24) is 0 Å². The van der Waals surface area contributed by atoms with Gasteiger partial charge in [-0.25, -0.2) is 0 Å². The van der Waals surface area contributed by atoms with Crippen LogP contribution in [0.3, 0.4) is 0 Å². The zero-order valence-electron chi connectivity index (χ0n) is 14.1. The number of allylic oxidation sites excluding steroid dienone is 4. The van der Waals surface area contributed by atoms with Crippen molar-refractivity contribution in [1.29, 1.82) is 0 Å². The number of ether oxygens (including phenoxy) is 3. The van der Waals surface area contributed by atoms with E-state index >= 15 is 0 Å². The summed E-state index contributed by atoms with van der Waals surface area (Å²) in [4.78, 5) is 0. The molecule has 0 N–H and O–H groups in total. The molecular formula is C18H32O3. The third-order valence-corrected chi connectivity index (χ3v) is 4.42. The molecule has 0 bridgehead atoms. The Morgan fingerprint density at radius 3 is 1.90 bits per heavy atom. The van der Waals surface area contributed by atoms with Gasteiger partial charge in [0.15, 0.2) is 0 Å². The molecule has 3 heteroatoms. The smallest absolute Gasteiger partial charge is 0.285 e. The topological polar surface area (TPSA) is 27.7 Å². The first-order valence-electron chi connectivity index (χ1n) is 8.24. The molecule has 3 nitrogen and oxygen atoms in total. The number of hydrogen-bond acceptors (Lipinski definition) is 3. The number of hydrogen-bond donors (Lipinski definition) is 0. The maximum absolute atomic E-state index is 5.59. The van der Waals surface area contributed by atoms with Crippen molar-refractivity contribution in [2.45, 2.75) is 57.8 Å². The predicted molar refractivity (Wildman–Crippen MR) is 87.0 cm³/mol. The fourth-order valence-corrected chi connectivity index (χ4v) is 3.17. The van der Waals surface area contributed by atoms with Crippen molar-refractivity contribution in [3.8, 4) is 0 Å². The highest BCUT2D eigenvalue weighted by molar-refractivity contribution is 5.19. The summed E-state index contributed by atoms with van der Waals surface area (Å²) in [6, 6.07) is 0. The van der Waals surface area contributed by atoms with Gasteiger partial charge in [0, 0.05) is 27.2 Å². The molecule has 0 aliphatic heterocycles. The van der Waals surface area contributed by atoms with Crippen LogP contribution >= 0.6 is 0 Å². The van der Waals surface area contributed by atoms with E-state index in [2.05, 4.69) is 31.2 Å². The molecule has 0 heterocycles. The largest absolute Gasteiger partial charge is 0.331 e. The van der Waals surface area contributed by atoms with E-state index in [0.717, 1.165) is 6.42 Å². The molecule has 1 rings (SSSR count). The van der Waals surface area contributed by atoms with Gasteiger partial charge in [-0.1, -0.05) is 69.8 Å². The van der Waals surface area contributed by atoms with Crippen molar-refractivity contribution in [3.05, 3.63) is 24.3 Å². The Morgan fingerprint density at radius 1 is 0.857 bits per heavy atom. The molecule has 1 atom stereocenters. The quantitative estimate of drug-likeness (QED) is 0.386. The molecule has 0 spiro atoms. The first kappa shape index (κ1) is 18.4. The summed E-state index contributed by atoms with van der Waals surface area (Å²) in [5.41, 5.74) is 0. The average Bonchev–Trinajstić information content (AvgIpc) is 3.04. The summed E-state index contributed by atoms with van der Waals surface area (Å²) in [5, 5.41) is 0. The van der Waals surface area contributed by atoms with Gasteiger partial charge in [-0.2, -0.15) is 0 Å². The van der Waals surface area contributed by atoms with Gasteiger partial charge in [0.05, 0.1) is 5.92 Å². The number of unbranched alkanes of at least 4 members (excludes halogenated alkanes) is 5. The molecule has 0 aromatic carbocycles. The fraction of sp³-hybridized carbons (Fsp3) is 0.778. The van der Waals surface area contributed by atoms with Gasteiger partial charge in [-0.15, -0.1) is 0 Å². The van der Waals surface area contributed by atoms with Crippen molar-refractivity contribution in [3.63, 3.8) is 0 Å². The molecule has 1 aliphatic carbocycles. The van der Waals surface area contributed by atoms with Crippen LogP contribution in [-0.4, -0.2) is 27.3 Å². The van der Waals surface area contributed by atoms with Crippen LogP contribution in [0, 0.1) is 11.8 Å². The molecule has 0 fully saturated rings. The second-order valence-electron chi connectivity index (χ2n) is 5.73. The monoisotopic (exact) mass is 296 g/mol. The Hall–Kier alpha value is -0.640. The van der Waals surface area contributed by atoms with Crippen LogP contribution < -0.4 is 0 Å². The van der Waals surface area contributed by atoms with Gasteiger partial charge in [-0.3, -0.25) is 0 Å². The zero-order valence-corrected chi connectivity index (χ0v) is 14.1. The van der Waals surface area contributed by atoms with Crippen LogP contribution in [0.5, 0.6) is 0 Å². The van der Waals surface area contributed by atoms with Crippen LogP contribution in [0.15, 0.2) is 24.3 Å². The van der Waals surface area contributed by atoms with Crippen LogP contribution in [-0.2, 0) is 14.2 Å². The molecule has 0 radical (unpaired) electrons. The number of rotatable bonds is 12. The van der Waals surface area contributed by atoms with E-state index in [0.29, 0.717) is 5.92 Å². The summed E-state index contributed by atoms with van der Waals surface area (Å²) in [6.07, 6.45) is 17.4. The van der Waals surface area contributed by atoms with Gasteiger partial charge in [0.2, 0.25) is 0 Å². The second kappa shape index (κ2) is 10.1. The summed E-state index contributed by atoms with van der Waals surface area (Å²) >= 11 is 0. The molecule has 0 amide bonds. The average molecular weight is 296 g/mol. The highest BCUT2D eigenvalue weighted by Crippen LogP contribution is 2.37. The third-order valence-electron chi connectivity index (χ3n) is 4.42. The predicted octanol–water partition coefficient (Wildman–Crippen LogP) is 4.69. The lowest BCUT2D eigenvalue weighted by molar-refractivity contribution is -0.382. The summed E-state index contributed by atoms with van der Waals surface area (Å²) < 4.78 is 16.8. The first-order valence-corrected chi connectivity index (χ1v) is 8.24. The molecule has 122 valence electrons. The minimum Gasteiger partial charge on any atom is -0.331 e. The van der Waals surface area contributed by atoms with E-state index in [1.54, 1.807) is 21.3 Å².